The molecule has 2 aromatic carbocycles. The van der Waals surface area contributed by atoms with Crippen LogP contribution in [0.2, 0.25) is 0 Å². The van der Waals surface area contributed by atoms with E-state index in [0.717, 1.165) is 0 Å². The molecule has 0 atom stereocenters. The molecule has 126 valence electrons. The lowest BCUT2D eigenvalue weighted by molar-refractivity contribution is -0.115. The van der Waals surface area contributed by atoms with Crippen molar-refractivity contribution in [2.24, 2.45) is 7.05 Å². The maximum absolute atomic E-state index is 12.4. The van der Waals surface area contributed by atoms with Crippen LogP contribution in [0.4, 0.5) is 5.69 Å². The summed E-state index contributed by atoms with van der Waals surface area (Å²) in [4.78, 5) is 24.5. The highest BCUT2D eigenvalue weighted by atomic mass is 16.1. The van der Waals surface area contributed by atoms with Crippen molar-refractivity contribution in [2.45, 2.75) is 6.42 Å². The predicted molar refractivity (Wildman–Crippen MR) is 95.2 cm³/mol. The minimum Gasteiger partial charge on any atom is -0.326 e. The highest BCUT2D eigenvalue weighted by molar-refractivity contribution is 5.95. The van der Waals surface area contributed by atoms with Gasteiger partial charge in [-0.05, 0) is 24.3 Å². The van der Waals surface area contributed by atoms with Gasteiger partial charge in [0.15, 0.2) is 0 Å². The van der Waals surface area contributed by atoms with E-state index in [9.17, 15) is 9.59 Å². The van der Waals surface area contributed by atoms with Crippen LogP contribution in [-0.4, -0.2) is 15.7 Å². The molecule has 0 saturated heterocycles. The molecule has 1 N–H and O–H groups in total. The normalized spacial score (nSPS) is 10.1. The van der Waals surface area contributed by atoms with Crippen molar-refractivity contribution in [3.05, 3.63) is 69.6 Å². The lowest BCUT2D eigenvalue weighted by Gasteiger charge is -2.09. The Morgan fingerprint density at radius 1 is 1.12 bits per heavy atom. The molecule has 0 saturated carbocycles. The van der Waals surface area contributed by atoms with Crippen LogP contribution < -0.4 is 10.9 Å². The monoisotopic (exact) mass is 343 g/mol. The second kappa shape index (κ2) is 6.88. The Bertz CT molecular complexity index is 1170. The van der Waals surface area contributed by atoms with Crippen molar-refractivity contribution in [3.8, 4) is 12.1 Å². The van der Waals surface area contributed by atoms with E-state index in [-0.39, 0.29) is 29.0 Å². The molecule has 0 unspecified atom stereocenters. The van der Waals surface area contributed by atoms with Gasteiger partial charge in [-0.25, -0.2) is 4.68 Å². The smallest absolute Gasteiger partial charge is 0.274 e. The highest BCUT2D eigenvalue weighted by Gasteiger charge is 2.13. The number of nitriles is 2. The van der Waals surface area contributed by atoms with Crippen LogP contribution >= 0.6 is 0 Å². The van der Waals surface area contributed by atoms with Crippen molar-refractivity contribution in [1.29, 1.82) is 10.5 Å². The number of fused-ring (bicyclic) bond motifs is 1. The summed E-state index contributed by atoms with van der Waals surface area (Å²) in [7, 11) is 1.54. The lowest BCUT2D eigenvalue weighted by atomic mass is 10.1. The Hall–Kier alpha value is -3.97. The summed E-state index contributed by atoms with van der Waals surface area (Å²) in [6.45, 7) is 0. The number of rotatable bonds is 3. The zero-order chi connectivity index (χ0) is 18.7. The summed E-state index contributed by atoms with van der Waals surface area (Å²) in [5.41, 5.74) is 1.11. The predicted octanol–water partition coefficient (Wildman–Crippen LogP) is 1.86. The number of nitrogens with zero attached hydrogens (tertiary/aromatic N) is 4. The average molecular weight is 343 g/mol. The van der Waals surface area contributed by atoms with Crippen LogP contribution in [0.5, 0.6) is 0 Å². The molecule has 0 aliphatic carbocycles. The van der Waals surface area contributed by atoms with Gasteiger partial charge in [-0.15, -0.1) is 0 Å². The molecule has 1 amide bonds. The van der Waals surface area contributed by atoms with Crippen LogP contribution in [0.3, 0.4) is 0 Å². The number of amides is 1. The molecular formula is C19H13N5O2. The minimum atomic E-state index is -0.338. The highest BCUT2D eigenvalue weighted by Crippen LogP contribution is 2.17. The van der Waals surface area contributed by atoms with Crippen LogP contribution in [-0.2, 0) is 18.3 Å². The summed E-state index contributed by atoms with van der Waals surface area (Å²) in [5, 5.41) is 26.0. The Morgan fingerprint density at radius 3 is 2.50 bits per heavy atom. The van der Waals surface area contributed by atoms with Gasteiger partial charge in [0.25, 0.3) is 5.56 Å². The van der Waals surface area contributed by atoms with E-state index in [1.807, 2.05) is 12.1 Å². The summed E-state index contributed by atoms with van der Waals surface area (Å²) < 4.78 is 1.21. The number of nitrogens with one attached hydrogen (secondary N) is 1. The lowest BCUT2D eigenvalue weighted by Crippen LogP contribution is -2.24. The zero-order valence-electron chi connectivity index (χ0n) is 13.9. The van der Waals surface area contributed by atoms with Crippen molar-refractivity contribution < 1.29 is 4.79 Å². The van der Waals surface area contributed by atoms with Crippen molar-refractivity contribution in [1.82, 2.24) is 9.78 Å². The molecule has 0 spiro atoms. The Morgan fingerprint density at radius 2 is 1.81 bits per heavy atom. The van der Waals surface area contributed by atoms with Crippen LogP contribution in [0.1, 0.15) is 16.8 Å². The SMILES string of the molecule is Cn1nc(CC(=O)Nc2ccc(C#N)c(C#N)c2)c2ccccc2c1=O. The molecule has 0 aliphatic rings. The number of hydrogen-bond donors (Lipinski definition) is 1. The maximum Gasteiger partial charge on any atom is 0.274 e. The first-order chi connectivity index (χ1) is 12.5. The maximum atomic E-state index is 12.4. The molecule has 3 aromatic rings. The third kappa shape index (κ3) is 3.14. The number of hydrogen-bond acceptors (Lipinski definition) is 5. The fourth-order valence-electron chi connectivity index (χ4n) is 2.68. The summed E-state index contributed by atoms with van der Waals surface area (Å²) >= 11 is 0. The van der Waals surface area contributed by atoms with Gasteiger partial charge in [0.05, 0.1) is 28.6 Å². The standard InChI is InChI=1S/C19H13N5O2/c1-24-19(26)16-5-3-2-4-15(16)17(23-24)9-18(25)22-14-7-6-12(10-20)13(8-14)11-21/h2-8H,9H2,1H3,(H,22,25). The Kier molecular flexibility index (Phi) is 4.46. The first kappa shape index (κ1) is 16.9. The second-order valence-electron chi connectivity index (χ2n) is 5.63. The molecule has 3 rings (SSSR count). The molecule has 0 bridgehead atoms. The van der Waals surface area contributed by atoms with Crippen molar-refractivity contribution in [3.63, 3.8) is 0 Å². The molecule has 0 fully saturated rings. The number of carbonyl (C=O) groups excluding carboxylic acids is 1. The van der Waals surface area contributed by atoms with Gasteiger partial charge >= 0.3 is 0 Å². The molecule has 0 aliphatic heterocycles. The van der Waals surface area contributed by atoms with Crippen molar-refractivity contribution >= 4 is 22.4 Å². The van der Waals surface area contributed by atoms with Gasteiger partial charge in [-0.2, -0.15) is 15.6 Å². The van der Waals surface area contributed by atoms with E-state index in [1.165, 1.54) is 23.9 Å². The number of aryl methyl sites for hydroxylation is 1. The number of aromatic nitrogens is 2. The number of carbonyl (C=O) groups is 1. The second-order valence-corrected chi connectivity index (χ2v) is 5.63. The van der Waals surface area contributed by atoms with Gasteiger partial charge in [0, 0.05) is 18.1 Å². The minimum absolute atomic E-state index is 0.0312. The molecule has 7 heteroatoms. The first-order valence-electron chi connectivity index (χ1n) is 7.72. The van der Waals surface area contributed by atoms with E-state index in [4.69, 9.17) is 10.5 Å². The van der Waals surface area contributed by atoms with Gasteiger partial charge < -0.3 is 5.32 Å². The number of benzene rings is 2. The van der Waals surface area contributed by atoms with E-state index in [1.54, 1.807) is 30.3 Å². The third-order valence-corrected chi connectivity index (χ3v) is 3.91. The Labute approximate surface area is 148 Å². The van der Waals surface area contributed by atoms with Crippen LogP contribution in [0, 0.1) is 22.7 Å². The largest absolute Gasteiger partial charge is 0.326 e. The molecule has 26 heavy (non-hydrogen) atoms. The molecular weight excluding hydrogens is 330 g/mol. The van der Waals surface area contributed by atoms with E-state index >= 15 is 0 Å². The summed E-state index contributed by atoms with van der Waals surface area (Å²) in [6, 6.07) is 15.3. The van der Waals surface area contributed by atoms with Crippen LogP contribution in [0.25, 0.3) is 10.8 Å². The first-order valence-corrected chi connectivity index (χ1v) is 7.72. The molecule has 1 aromatic heterocycles. The average Bonchev–Trinajstić information content (AvgIpc) is 2.65. The fourth-order valence-corrected chi connectivity index (χ4v) is 2.68. The molecule has 7 nitrogen and oxygen atoms in total. The van der Waals surface area contributed by atoms with Gasteiger partial charge in [-0.3, -0.25) is 9.59 Å². The van der Waals surface area contributed by atoms with Gasteiger partial charge in [0.2, 0.25) is 5.91 Å². The number of anilines is 1. The van der Waals surface area contributed by atoms with Crippen LogP contribution in [0.15, 0.2) is 47.3 Å². The molecule has 1 heterocycles. The third-order valence-electron chi connectivity index (χ3n) is 3.91. The van der Waals surface area contributed by atoms with E-state index < -0.39 is 0 Å². The summed E-state index contributed by atoms with van der Waals surface area (Å²) in [5.74, 6) is -0.338. The zero-order valence-corrected chi connectivity index (χ0v) is 13.9. The topological polar surface area (TPSA) is 112 Å². The van der Waals surface area contributed by atoms with Gasteiger partial charge in [0.1, 0.15) is 12.1 Å². The molecule has 0 radical (unpaired) electrons. The van der Waals surface area contributed by atoms with Crippen molar-refractivity contribution in [2.75, 3.05) is 5.32 Å². The van der Waals surface area contributed by atoms with E-state index in [2.05, 4.69) is 10.4 Å². The Balaban J connectivity index is 1.89. The van der Waals surface area contributed by atoms with E-state index in [0.29, 0.717) is 22.2 Å². The quantitative estimate of drug-likeness (QED) is 0.780. The van der Waals surface area contributed by atoms with Gasteiger partial charge in [-0.1, -0.05) is 18.2 Å². The summed E-state index contributed by atoms with van der Waals surface area (Å²) in [6.07, 6.45) is -0.0312. The fraction of sp³-hybridized carbons (Fsp3) is 0.105.